The van der Waals surface area contributed by atoms with Gasteiger partial charge in [-0.3, -0.25) is 9.59 Å². The smallest absolute Gasteiger partial charge is 0.239 e. The Morgan fingerprint density at radius 1 is 1.04 bits per heavy atom. The summed E-state index contributed by atoms with van der Waals surface area (Å²) in [4.78, 5) is 25.2. The number of rotatable bonds is 5. The number of carbonyl (C=O) groups is 2. The van der Waals surface area contributed by atoms with Crippen LogP contribution in [0.25, 0.3) is 0 Å². The third-order valence-electron chi connectivity index (χ3n) is 4.20. The summed E-state index contributed by atoms with van der Waals surface area (Å²) in [5.74, 6) is -1.36. The second kappa shape index (κ2) is 7.47. The third kappa shape index (κ3) is 4.24. The predicted octanol–water partition coefficient (Wildman–Crippen LogP) is 4.30. The number of halogens is 1. The summed E-state index contributed by atoms with van der Waals surface area (Å²) < 4.78 is 13.3. The molecule has 0 radical (unpaired) electrons. The molecule has 25 heavy (non-hydrogen) atoms. The van der Waals surface area contributed by atoms with E-state index in [9.17, 15) is 14.0 Å². The van der Waals surface area contributed by atoms with E-state index in [1.54, 1.807) is 19.9 Å². The zero-order valence-electron chi connectivity index (χ0n) is 14.9. The molecule has 0 aliphatic carbocycles. The highest BCUT2D eigenvalue weighted by Crippen LogP contribution is 2.26. The molecule has 0 fully saturated rings. The van der Waals surface area contributed by atoms with Crippen LogP contribution in [0.15, 0.2) is 42.5 Å². The molecule has 0 atom stereocenters. The molecule has 132 valence electrons. The van der Waals surface area contributed by atoms with Gasteiger partial charge in [0, 0.05) is 11.4 Å². The fourth-order valence-electron chi connectivity index (χ4n) is 2.43. The molecule has 0 aromatic heterocycles. The first-order valence-corrected chi connectivity index (χ1v) is 8.22. The molecule has 4 nitrogen and oxygen atoms in total. The molecule has 5 heteroatoms. The maximum absolute atomic E-state index is 13.3. The van der Waals surface area contributed by atoms with Gasteiger partial charge in [0.05, 0.1) is 0 Å². The van der Waals surface area contributed by atoms with Crippen molar-refractivity contribution in [3.05, 3.63) is 59.4 Å². The van der Waals surface area contributed by atoms with Crippen LogP contribution in [-0.2, 0) is 16.0 Å². The first kappa shape index (κ1) is 18.6. The summed E-state index contributed by atoms with van der Waals surface area (Å²) in [5, 5.41) is 5.47. The number of benzene rings is 2. The topological polar surface area (TPSA) is 58.2 Å². The van der Waals surface area contributed by atoms with Crippen molar-refractivity contribution in [2.75, 3.05) is 10.6 Å². The summed E-state index contributed by atoms with van der Waals surface area (Å²) >= 11 is 0. The molecule has 0 saturated heterocycles. The zero-order chi connectivity index (χ0) is 18.6. The zero-order valence-corrected chi connectivity index (χ0v) is 14.9. The Hall–Kier alpha value is -2.69. The molecule has 0 unspecified atom stereocenters. The Balaban J connectivity index is 2.18. The van der Waals surface area contributed by atoms with Crippen molar-refractivity contribution in [2.24, 2.45) is 5.41 Å². The Morgan fingerprint density at radius 2 is 1.68 bits per heavy atom. The van der Waals surface area contributed by atoms with Crippen LogP contribution >= 0.6 is 0 Å². The third-order valence-corrected chi connectivity index (χ3v) is 4.20. The largest absolute Gasteiger partial charge is 0.325 e. The van der Waals surface area contributed by atoms with E-state index >= 15 is 0 Å². The Bertz CT molecular complexity index is 800. The highest BCUT2D eigenvalue weighted by Gasteiger charge is 2.36. The second-order valence-electron chi connectivity index (χ2n) is 6.51. The monoisotopic (exact) mass is 342 g/mol. The van der Waals surface area contributed by atoms with Crippen molar-refractivity contribution in [3.63, 3.8) is 0 Å². The lowest BCUT2D eigenvalue weighted by atomic mass is 9.90. The van der Waals surface area contributed by atoms with E-state index in [1.807, 2.05) is 32.0 Å². The standard InChI is InChI=1S/C20H23FN2O2/c1-5-14-9-6-8-13(2)17(14)23-19(25)20(3,4)18(24)22-16-11-7-10-15(21)12-16/h6-12H,5H2,1-4H3,(H,22,24)(H,23,25). The van der Waals surface area contributed by atoms with Gasteiger partial charge in [0.15, 0.2) is 0 Å². The van der Waals surface area contributed by atoms with Gasteiger partial charge in [0.2, 0.25) is 11.8 Å². The number of nitrogens with one attached hydrogen (secondary N) is 2. The molecule has 2 aromatic carbocycles. The number of hydrogen-bond acceptors (Lipinski definition) is 2. The fraction of sp³-hybridized carbons (Fsp3) is 0.300. The summed E-state index contributed by atoms with van der Waals surface area (Å²) in [7, 11) is 0. The van der Waals surface area contributed by atoms with Crippen LogP contribution in [0.4, 0.5) is 15.8 Å². The second-order valence-corrected chi connectivity index (χ2v) is 6.51. The molecular formula is C20H23FN2O2. The van der Waals surface area contributed by atoms with Gasteiger partial charge < -0.3 is 10.6 Å². The minimum absolute atomic E-state index is 0.316. The Morgan fingerprint density at radius 3 is 2.32 bits per heavy atom. The molecule has 2 N–H and O–H groups in total. The van der Waals surface area contributed by atoms with E-state index in [-0.39, 0.29) is 0 Å². The maximum Gasteiger partial charge on any atom is 0.239 e. The van der Waals surface area contributed by atoms with Gasteiger partial charge in [-0.15, -0.1) is 0 Å². The highest BCUT2D eigenvalue weighted by molar-refractivity contribution is 6.14. The number of para-hydroxylation sites is 1. The molecule has 2 rings (SSSR count). The van der Waals surface area contributed by atoms with Crippen LogP contribution in [-0.4, -0.2) is 11.8 Å². The van der Waals surface area contributed by atoms with E-state index in [1.165, 1.54) is 18.2 Å². The van der Waals surface area contributed by atoms with E-state index in [0.29, 0.717) is 5.69 Å². The van der Waals surface area contributed by atoms with Crippen molar-refractivity contribution in [3.8, 4) is 0 Å². The molecular weight excluding hydrogens is 319 g/mol. The van der Waals surface area contributed by atoms with Crippen molar-refractivity contribution in [1.29, 1.82) is 0 Å². The Labute approximate surface area is 147 Å². The van der Waals surface area contributed by atoms with Crippen LogP contribution in [0.3, 0.4) is 0 Å². The molecule has 0 bridgehead atoms. The minimum atomic E-state index is -1.32. The van der Waals surface area contributed by atoms with E-state index in [0.717, 1.165) is 23.2 Å². The normalized spacial score (nSPS) is 11.1. The summed E-state index contributed by atoms with van der Waals surface area (Å²) in [6.07, 6.45) is 0.771. The van der Waals surface area contributed by atoms with E-state index in [2.05, 4.69) is 10.6 Å². The number of amides is 2. The molecule has 0 aliphatic rings. The Kier molecular flexibility index (Phi) is 5.57. The van der Waals surface area contributed by atoms with Crippen LogP contribution < -0.4 is 10.6 Å². The van der Waals surface area contributed by atoms with Gasteiger partial charge in [0.1, 0.15) is 11.2 Å². The number of hydrogen-bond donors (Lipinski definition) is 2. The minimum Gasteiger partial charge on any atom is -0.325 e. The molecule has 0 aliphatic heterocycles. The van der Waals surface area contributed by atoms with Crippen LogP contribution in [0.5, 0.6) is 0 Å². The van der Waals surface area contributed by atoms with Gasteiger partial charge in [-0.05, 0) is 56.5 Å². The lowest BCUT2D eigenvalue weighted by Gasteiger charge is -2.24. The molecule has 0 saturated carbocycles. The SMILES string of the molecule is CCc1cccc(C)c1NC(=O)C(C)(C)C(=O)Nc1cccc(F)c1. The fourth-order valence-corrected chi connectivity index (χ4v) is 2.43. The van der Waals surface area contributed by atoms with E-state index in [4.69, 9.17) is 0 Å². The first-order valence-electron chi connectivity index (χ1n) is 8.22. The van der Waals surface area contributed by atoms with Gasteiger partial charge in [-0.25, -0.2) is 4.39 Å². The maximum atomic E-state index is 13.3. The first-order chi connectivity index (χ1) is 11.8. The number of carbonyl (C=O) groups excluding carboxylic acids is 2. The number of anilines is 2. The summed E-state index contributed by atoms with van der Waals surface area (Å²) in [6, 6.07) is 11.4. The summed E-state index contributed by atoms with van der Waals surface area (Å²) in [6.45, 7) is 7.00. The van der Waals surface area contributed by atoms with Crippen LogP contribution in [0, 0.1) is 18.2 Å². The highest BCUT2D eigenvalue weighted by atomic mass is 19.1. The quantitative estimate of drug-likeness (QED) is 0.796. The predicted molar refractivity (Wildman–Crippen MR) is 98.0 cm³/mol. The summed E-state index contributed by atoms with van der Waals surface area (Å²) in [5.41, 5.74) is 1.68. The van der Waals surface area contributed by atoms with Crippen LogP contribution in [0.2, 0.25) is 0 Å². The van der Waals surface area contributed by atoms with E-state index < -0.39 is 23.0 Å². The lowest BCUT2D eigenvalue weighted by Crippen LogP contribution is -2.41. The van der Waals surface area contributed by atoms with Gasteiger partial charge >= 0.3 is 0 Å². The molecule has 2 aromatic rings. The lowest BCUT2D eigenvalue weighted by molar-refractivity contribution is -0.135. The van der Waals surface area contributed by atoms with Gasteiger partial charge in [-0.2, -0.15) is 0 Å². The average molecular weight is 342 g/mol. The van der Waals surface area contributed by atoms with Gasteiger partial charge in [-0.1, -0.05) is 31.2 Å². The molecule has 0 heterocycles. The average Bonchev–Trinajstić information content (AvgIpc) is 2.56. The van der Waals surface area contributed by atoms with Crippen LogP contribution in [0.1, 0.15) is 31.9 Å². The molecule has 0 spiro atoms. The van der Waals surface area contributed by atoms with Crippen molar-refractivity contribution in [2.45, 2.75) is 34.1 Å². The molecule has 2 amide bonds. The number of aryl methyl sites for hydroxylation is 2. The van der Waals surface area contributed by atoms with Gasteiger partial charge in [0.25, 0.3) is 0 Å². The van der Waals surface area contributed by atoms with Crippen molar-refractivity contribution in [1.82, 2.24) is 0 Å². The van der Waals surface area contributed by atoms with Crippen molar-refractivity contribution < 1.29 is 14.0 Å². The van der Waals surface area contributed by atoms with Crippen molar-refractivity contribution >= 4 is 23.2 Å².